The zero-order valence-corrected chi connectivity index (χ0v) is 13.3. The van der Waals surface area contributed by atoms with Crippen molar-refractivity contribution in [1.29, 1.82) is 0 Å². The van der Waals surface area contributed by atoms with E-state index in [4.69, 9.17) is 0 Å². The highest BCUT2D eigenvalue weighted by Crippen LogP contribution is 2.32. The Balaban J connectivity index is 2.29. The van der Waals surface area contributed by atoms with Gasteiger partial charge in [-0.2, -0.15) is 17.5 Å². The minimum absolute atomic E-state index is 0.137. The molecule has 0 radical (unpaired) electrons. The van der Waals surface area contributed by atoms with Crippen molar-refractivity contribution in [2.75, 3.05) is 7.05 Å². The second-order valence-electron chi connectivity index (χ2n) is 5.69. The number of sulfonamides is 1. The molecule has 1 saturated carbocycles. The molecule has 0 N–H and O–H groups in total. The third-order valence-corrected chi connectivity index (χ3v) is 6.08. The lowest BCUT2D eigenvalue weighted by Crippen LogP contribution is -2.36. The Morgan fingerprint density at radius 3 is 2.23 bits per heavy atom. The highest BCUT2D eigenvalue weighted by atomic mass is 32.2. The Labute approximate surface area is 129 Å². The minimum atomic E-state index is -4.55. The smallest absolute Gasteiger partial charge is 0.207 e. The molecule has 0 aromatic heterocycles. The van der Waals surface area contributed by atoms with Crippen LogP contribution < -0.4 is 0 Å². The van der Waals surface area contributed by atoms with Crippen LogP contribution in [0.1, 0.15) is 44.1 Å². The van der Waals surface area contributed by atoms with Gasteiger partial charge in [0, 0.05) is 13.1 Å². The van der Waals surface area contributed by atoms with Crippen molar-refractivity contribution in [2.24, 2.45) is 0 Å². The highest BCUT2D eigenvalue weighted by Gasteiger charge is 2.33. The lowest BCUT2D eigenvalue weighted by molar-refractivity contribution is -0.137. The molecule has 0 amide bonds. The zero-order chi connectivity index (χ0) is 16.4. The molecule has 3 nitrogen and oxygen atoms in total. The SMILES string of the molecule is CN(C1CCCCCC1)S(=O)(=O)c1cccc(C(F)(F)F)c1. The van der Waals surface area contributed by atoms with Gasteiger partial charge in [-0.05, 0) is 31.0 Å². The summed E-state index contributed by atoms with van der Waals surface area (Å²) in [5.41, 5.74) is -0.942. The summed E-state index contributed by atoms with van der Waals surface area (Å²) in [6.45, 7) is 0. The zero-order valence-electron chi connectivity index (χ0n) is 12.4. The molecular formula is C15H20F3NO2S. The second kappa shape index (κ2) is 6.58. The van der Waals surface area contributed by atoms with E-state index in [1.165, 1.54) is 17.4 Å². The predicted molar refractivity (Wildman–Crippen MR) is 77.9 cm³/mol. The molecule has 1 fully saturated rings. The predicted octanol–water partition coefficient (Wildman–Crippen LogP) is 4.05. The van der Waals surface area contributed by atoms with Crippen LogP contribution in [0.25, 0.3) is 0 Å². The van der Waals surface area contributed by atoms with Crippen LogP contribution in [0.3, 0.4) is 0 Å². The molecule has 124 valence electrons. The van der Waals surface area contributed by atoms with Crippen molar-refractivity contribution in [2.45, 2.75) is 55.6 Å². The van der Waals surface area contributed by atoms with Crippen LogP contribution in [-0.4, -0.2) is 25.8 Å². The van der Waals surface area contributed by atoms with Gasteiger partial charge in [0.25, 0.3) is 0 Å². The fourth-order valence-corrected chi connectivity index (χ4v) is 4.28. The average molecular weight is 335 g/mol. The number of hydrogen-bond acceptors (Lipinski definition) is 2. The van der Waals surface area contributed by atoms with E-state index in [1.54, 1.807) is 0 Å². The van der Waals surface area contributed by atoms with Crippen molar-refractivity contribution in [3.05, 3.63) is 29.8 Å². The molecule has 1 aromatic rings. The fraction of sp³-hybridized carbons (Fsp3) is 0.600. The monoisotopic (exact) mass is 335 g/mol. The summed E-state index contributed by atoms with van der Waals surface area (Å²) in [5, 5.41) is 0. The first-order valence-corrected chi connectivity index (χ1v) is 8.82. The van der Waals surface area contributed by atoms with Crippen LogP contribution in [0.4, 0.5) is 13.2 Å². The molecule has 1 aliphatic rings. The van der Waals surface area contributed by atoms with Gasteiger partial charge >= 0.3 is 6.18 Å². The highest BCUT2D eigenvalue weighted by molar-refractivity contribution is 7.89. The number of halogens is 3. The molecule has 0 aliphatic heterocycles. The van der Waals surface area contributed by atoms with Crippen LogP contribution in [0.2, 0.25) is 0 Å². The van der Waals surface area contributed by atoms with Crippen molar-refractivity contribution < 1.29 is 21.6 Å². The lowest BCUT2D eigenvalue weighted by atomic mass is 10.1. The lowest BCUT2D eigenvalue weighted by Gasteiger charge is -2.26. The molecule has 0 saturated heterocycles. The molecule has 0 atom stereocenters. The first kappa shape index (κ1) is 17.3. The molecule has 0 bridgehead atoms. The summed E-state index contributed by atoms with van der Waals surface area (Å²) >= 11 is 0. The van der Waals surface area contributed by atoms with Gasteiger partial charge < -0.3 is 0 Å². The first-order chi connectivity index (χ1) is 10.2. The molecule has 1 aromatic carbocycles. The van der Waals surface area contributed by atoms with Crippen molar-refractivity contribution in [3.63, 3.8) is 0 Å². The summed E-state index contributed by atoms with van der Waals surface area (Å²) in [6, 6.07) is 3.81. The number of alkyl halides is 3. The molecular weight excluding hydrogens is 315 g/mol. The van der Waals surface area contributed by atoms with E-state index in [1.807, 2.05) is 0 Å². The van der Waals surface area contributed by atoms with E-state index in [2.05, 4.69) is 0 Å². The quantitative estimate of drug-likeness (QED) is 0.782. The summed E-state index contributed by atoms with van der Waals surface area (Å²) in [6.07, 6.45) is 1.03. The maximum Gasteiger partial charge on any atom is 0.416 e. The number of rotatable bonds is 3. The summed E-state index contributed by atoms with van der Waals surface area (Å²) < 4.78 is 64.7. The molecule has 0 spiro atoms. The van der Waals surface area contributed by atoms with Crippen molar-refractivity contribution in [3.8, 4) is 0 Å². The van der Waals surface area contributed by atoms with Gasteiger partial charge in [-0.25, -0.2) is 8.42 Å². The summed E-state index contributed by atoms with van der Waals surface area (Å²) in [4.78, 5) is -0.297. The van der Waals surface area contributed by atoms with Crippen molar-refractivity contribution in [1.82, 2.24) is 4.31 Å². The number of benzene rings is 1. The van der Waals surface area contributed by atoms with E-state index < -0.39 is 21.8 Å². The van der Waals surface area contributed by atoms with E-state index in [0.717, 1.165) is 50.7 Å². The van der Waals surface area contributed by atoms with Gasteiger partial charge in [0.05, 0.1) is 10.5 Å². The standard InChI is InChI=1S/C15H20F3NO2S/c1-19(13-8-4-2-3-5-9-13)22(20,21)14-10-6-7-12(11-14)15(16,17)18/h6-7,10-11,13H,2-5,8-9H2,1H3. The fourth-order valence-electron chi connectivity index (χ4n) is 2.82. The van der Waals surface area contributed by atoms with Gasteiger partial charge in [0.1, 0.15) is 0 Å². The van der Waals surface area contributed by atoms with E-state index in [-0.39, 0.29) is 10.9 Å². The molecule has 22 heavy (non-hydrogen) atoms. The summed E-state index contributed by atoms with van der Waals surface area (Å²) in [7, 11) is -2.44. The Bertz CT molecular complexity index is 605. The number of hydrogen-bond donors (Lipinski definition) is 0. The molecule has 7 heteroatoms. The molecule has 1 aliphatic carbocycles. The first-order valence-electron chi connectivity index (χ1n) is 7.38. The van der Waals surface area contributed by atoms with E-state index >= 15 is 0 Å². The maximum atomic E-state index is 12.8. The van der Waals surface area contributed by atoms with Crippen LogP contribution in [0.15, 0.2) is 29.2 Å². The minimum Gasteiger partial charge on any atom is -0.207 e. The molecule has 0 heterocycles. The van der Waals surface area contributed by atoms with Gasteiger partial charge in [-0.3, -0.25) is 0 Å². The third-order valence-electron chi connectivity index (χ3n) is 4.18. The second-order valence-corrected chi connectivity index (χ2v) is 7.69. The number of nitrogens with zero attached hydrogens (tertiary/aromatic N) is 1. The maximum absolute atomic E-state index is 12.8. The largest absolute Gasteiger partial charge is 0.416 e. The van der Waals surface area contributed by atoms with Gasteiger partial charge in [0.2, 0.25) is 10.0 Å². The van der Waals surface area contributed by atoms with Crippen LogP contribution in [0.5, 0.6) is 0 Å². The van der Waals surface area contributed by atoms with Crippen molar-refractivity contribution >= 4 is 10.0 Å². The molecule has 2 rings (SSSR count). The van der Waals surface area contributed by atoms with Crippen LogP contribution in [0, 0.1) is 0 Å². The normalized spacial score (nSPS) is 18.4. The summed E-state index contributed by atoms with van der Waals surface area (Å²) in [5.74, 6) is 0. The topological polar surface area (TPSA) is 37.4 Å². The van der Waals surface area contributed by atoms with Gasteiger partial charge in [-0.1, -0.05) is 31.7 Å². The Morgan fingerprint density at radius 2 is 1.68 bits per heavy atom. The Morgan fingerprint density at radius 1 is 1.09 bits per heavy atom. The Kier molecular flexibility index (Phi) is 5.17. The third kappa shape index (κ3) is 3.81. The van der Waals surface area contributed by atoms with Gasteiger partial charge in [0.15, 0.2) is 0 Å². The molecule has 0 unspecified atom stereocenters. The van der Waals surface area contributed by atoms with Crippen LogP contribution >= 0.6 is 0 Å². The van der Waals surface area contributed by atoms with Crippen LogP contribution in [-0.2, 0) is 16.2 Å². The van der Waals surface area contributed by atoms with Gasteiger partial charge in [-0.15, -0.1) is 0 Å². The van der Waals surface area contributed by atoms with E-state index in [0.29, 0.717) is 6.07 Å². The van der Waals surface area contributed by atoms with E-state index in [9.17, 15) is 21.6 Å². The Hall–Kier alpha value is -1.08. The average Bonchev–Trinajstić information content (AvgIpc) is 2.74.